The summed E-state index contributed by atoms with van der Waals surface area (Å²) in [7, 11) is 0. The Bertz CT molecular complexity index is 340. The zero-order chi connectivity index (χ0) is 11.9. The molecule has 0 atom stereocenters. The van der Waals surface area contributed by atoms with Crippen LogP contribution in [0, 0.1) is 0 Å². The number of thioether (sulfide) groups is 1. The van der Waals surface area contributed by atoms with E-state index in [-0.39, 0.29) is 0 Å². The zero-order valence-corrected chi connectivity index (χ0v) is 11.1. The van der Waals surface area contributed by atoms with Crippen LogP contribution in [0.1, 0.15) is 26.2 Å². The molecule has 2 rings (SSSR count). The van der Waals surface area contributed by atoms with Gasteiger partial charge in [0.15, 0.2) is 0 Å². The van der Waals surface area contributed by atoms with Crippen LogP contribution in [0.4, 0.5) is 5.82 Å². The van der Waals surface area contributed by atoms with Gasteiger partial charge in [0, 0.05) is 36.1 Å². The highest BCUT2D eigenvalue weighted by atomic mass is 32.2. The first-order valence-corrected chi connectivity index (χ1v) is 7.21. The van der Waals surface area contributed by atoms with E-state index in [9.17, 15) is 0 Å². The summed E-state index contributed by atoms with van der Waals surface area (Å²) in [5.41, 5.74) is 0. The molecule has 94 valence electrons. The lowest BCUT2D eigenvalue weighted by Crippen LogP contribution is -2.17. The summed E-state index contributed by atoms with van der Waals surface area (Å²) in [6.07, 6.45) is 5.33. The highest BCUT2D eigenvalue weighted by Gasteiger charge is 2.15. The molecule has 0 saturated carbocycles. The minimum absolute atomic E-state index is 0.699. The minimum Gasteiger partial charge on any atom is -0.381 e. The number of rotatable bonds is 5. The SMILES string of the molecule is CCCNc1cc(SC2CCOCC2)ccn1. The minimum atomic E-state index is 0.699. The highest BCUT2D eigenvalue weighted by Crippen LogP contribution is 2.30. The van der Waals surface area contributed by atoms with Gasteiger partial charge < -0.3 is 10.1 Å². The molecule has 1 aromatic heterocycles. The summed E-state index contributed by atoms with van der Waals surface area (Å²) in [6.45, 7) is 4.96. The van der Waals surface area contributed by atoms with E-state index in [1.54, 1.807) is 0 Å². The number of ether oxygens (including phenoxy) is 1. The molecule has 1 aliphatic heterocycles. The van der Waals surface area contributed by atoms with Crippen LogP contribution in [0.5, 0.6) is 0 Å². The summed E-state index contributed by atoms with van der Waals surface area (Å²) >= 11 is 1.95. The molecule has 4 heteroatoms. The molecule has 1 aliphatic rings. The summed E-state index contributed by atoms with van der Waals surface area (Å²) in [6, 6.07) is 4.24. The van der Waals surface area contributed by atoms with Crippen LogP contribution in [0.15, 0.2) is 23.2 Å². The van der Waals surface area contributed by atoms with E-state index in [4.69, 9.17) is 4.74 Å². The lowest BCUT2D eigenvalue weighted by atomic mass is 10.2. The molecule has 0 aromatic carbocycles. The lowest BCUT2D eigenvalue weighted by molar-refractivity contribution is 0.100. The molecular weight excluding hydrogens is 232 g/mol. The van der Waals surface area contributed by atoms with Crippen molar-refractivity contribution in [2.24, 2.45) is 0 Å². The second-order valence-electron chi connectivity index (χ2n) is 4.23. The van der Waals surface area contributed by atoms with Crippen molar-refractivity contribution >= 4 is 17.6 Å². The maximum Gasteiger partial charge on any atom is 0.126 e. The van der Waals surface area contributed by atoms with Crippen molar-refractivity contribution in [2.75, 3.05) is 25.1 Å². The fourth-order valence-electron chi connectivity index (χ4n) is 1.82. The summed E-state index contributed by atoms with van der Waals surface area (Å²) in [5, 5.41) is 4.02. The van der Waals surface area contributed by atoms with Crippen LogP contribution in [0.2, 0.25) is 0 Å². The Kier molecular flexibility index (Phi) is 5.13. The van der Waals surface area contributed by atoms with Crippen LogP contribution < -0.4 is 5.32 Å². The van der Waals surface area contributed by atoms with Crippen molar-refractivity contribution in [3.8, 4) is 0 Å². The van der Waals surface area contributed by atoms with Crippen molar-refractivity contribution < 1.29 is 4.74 Å². The van der Waals surface area contributed by atoms with Gasteiger partial charge in [-0.1, -0.05) is 6.92 Å². The Morgan fingerprint density at radius 3 is 3.06 bits per heavy atom. The van der Waals surface area contributed by atoms with E-state index >= 15 is 0 Å². The molecule has 3 nitrogen and oxygen atoms in total. The molecule has 1 saturated heterocycles. The molecule has 0 bridgehead atoms. The van der Waals surface area contributed by atoms with Crippen molar-refractivity contribution in [3.05, 3.63) is 18.3 Å². The second-order valence-corrected chi connectivity index (χ2v) is 5.61. The highest BCUT2D eigenvalue weighted by molar-refractivity contribution is 8.00. The number of nitrogens with zero attached hydrogens (tertiary/aromatic N) is 1. The van der Waals surface area contributed by atoms with E-state index in [0.29, 0.717) is 5.25 Å². The van der Waals surface area contributed by atoms with Gasteiger partial charge in [-0.3, -0.25) is 0 Å². The molecule has 1 N–H and O–H groups in total. The van der Waals surface area contributed by atoms with Gasteiger partial charge in [0.25, 0.3) is 0 Å². The average Bonchev–Trinajstić information content (AvgIpc) is 2.38. The van der Waals surface area contributed by atoms with Crippen molar-refractivity contribution in [2.45, 2.75) is 36.3 Å². The van der Waals surface area contributed by atoms with Crippen LogP contribution in [0.3, 0.4) is 0 Å². The molecular formula is C13H20N2OS. The molecule has 0 radical (unpaired) electrons. The Hall–Kier alpha value is -0.740. The average molecular weight is 252 g/mol. The molecule has 0 amide bonds. The van der Waals surface area contributed by atoms with Gasteiger partial charge in [0.1, 0.15) is 5.82 Å². The van der Waals surface area contributed by atoms with Crippen LogP contribution in [-0.4, -0.2) is 30.0 Å². The first-order valence-electron chi connectivity index (χ1n) is 6.33. The largest absolute Gasteiger partial charge is 0.381 e. The first-order chi connectivity index (χ1) is 8.38. The van der Waals surface area contributed by atoms with Crippen LogP contribution >= 0.6 is 11.8 Å². The maximum atomic E-state index is 5.38. The Morgan fingerprint density at radius 1 is 1.47 bits per heavy atom. The topological polar surface area (TPSA) is 34.1 Å². The van der Waals surface area contributed by atoms with Crippen molar-refractivity contribution in [1.82, 2.24) is 4.98 Å². The van der Waals surface area contributed by atoms with Crippen molar-refractivity contribution in [3.63, 3.8) is 0 Å². The van der Waals surface area contributed by atoms with Gasteiger partial charge in [-0.25, -0.2) is 4.98 Å². The van der Waals surface area contributed by atoms with Crippen LogP contribution in [-0.2, 0) is 4.74 Å². The van der Waals surface area contributed by atoms with E-state index < -0.39 is 0 Å². The number of nitrogens with one attached hydrogen (secondary N) is 1. The third kappa shape index (κ3) is 4.21. The van der Waals surface area contributed by atoms with E-state index in [0.717, 1.165) is 44.8 Å². The Balaban J connectivity index is 1.90. The summed E-state index contributed by atoms with van der Waals surface area (Å²) in [5.74, 6) is 0.990. The number of pyridine rings is 1. The second kappa shape index (κ2) is 6.87. The third-order valence-corrected chi connectivity index (χ3v) is 4.09. The quantitative estimate of drug-likeness (QED) is 0.873. The summed E-state index contributed by atoms with van der Waals surface area (Å²) in [4.78, 5) is 5.63. The van der Waals surface area contributed by atoms with E-state index in [1.807, 2.05) is 18.0 Å². The van der Waals surface area contributed by atoms with E-state index in [2.05, 4.69) is 29.4 Å². The number of anilines is 1. The molecule has 0 unspecified atom stereocenters. The Labute approximate surface area is 107 Å². The monoisotopic (exact) mass is 252 g/mol. The smallest absolute Gasteiger partial charge is 0.126 e. The molecule has 0 spiro atoms. The van der Waals surface area contributed by atoms with Gasteiger partial charge in [-0.15, -0.1) is 11.8 Å². The van der Waals surface area contributed by atoms with Gasteiger partial charge in [0.2, 0.25) is 0 Å². The molecule has 2 heterocycles. The number of hydrogen-bond acceptors (Lipinski definition) is 4. The van der Waals surface area contributed by atoms with Crippen LogP contribution in [0.25, 0.3) is 0 Å². The predicted octanol–water partition coefficient (Wildman–Crippen LogP) is 3.17. The molecule has 0 aliphatic carbocycles. The first kappa shape index (κ1) is 12.7. The Morgan fingerprint density at radius 2 is 2.29 bits per heavy atom. The number of aromatic nitrogens is 1. The third-order valence-electron chi connectivity index (χ3n) is 2.76. The van der Waals surface area contributed by atoms with Gasteiger partial charge in [-0.2, -0.15) is 0 Å². The van der Waals surface area contributed by atoms with Crippen molar-refractivity contribution in [1.29, 1.82) is 0 Å². The number of hydrogen-bond donors (Lipinski definition) is 1. The van der Waals surface area contributed by atoms with E-state index in [1.165, 1.54) is 4.90 Å². The fraction of sp³-hybridized carbons (Fsp3) is 0.615. The standard InChI is InChI=1S/C13H20N2OS/c1-2-6-14-13-10-12(3-7-15-13)17-11-4-8-16-9-5-11/h3,7,10-11H,2,4-6,8-9H2,1H3,(H,14,15). The molecule has 1 fully saturated rings. The molecule has 1 aromatic rings. The lowest BCUT2D eigenvalue weighted by Gasteiger charge is -2.21. The maximum absolute atomic E-state index is 5.38. The fourth-order valence-corrected chi connectivity index (χ4v) is 2.95. The summed E-state index contributed by atoms with van der Waals surface area (Å²) < 4.78 is 5.38. The van der Waals surface area contributed by atoms with Gasteiger partial charge in [-0.05, 0) is 31.4 Å². The predicted molar refractivity (Wildman–Crippen MR) is 72.7 cm³/mol. The normalized spacial score (nSPS) is 17.0. The molecule has 17 heavy (non-hydrogen) atoms. The zero-order valence-electron chi connectivity index (χ0n) is 10.3. The van der Waals surface area contributed by atoms with Gasteiger partial charge in [0.05, 0.1) is 0 Å². The van der Waals surface area contributed by atoms with Gasteiger partial charge >= 0.3 is 0 Å².